The van der Waals surface area contributed by atoms with E-state index in [1.165, 1.54) is 60.0 Å². The molecule has 0 saturated carbocycles. The van der Waals surface area contributed by atoms with Crippen LogP contribution in [0.15, 0.2) is 173 Å². The molecule has 0 amide bonds. The SMILES string of the molecule is c1ccc(-n2c3ccccc3c3ccc(-c4c5ccccc5c(-c5ccc6oc7ccc8occc8c7c6c5)c5ccccc45)cc32)cc1. The van der Waals surface area contributed by atoms with E-state index in [1.807, 2.05) is 18.2 Å². The minimum Gasteiger partial charge on any atom is -0.464 e. The summed E-state index contributed by atoms with van der Waals surface area (Å²) in [6.07, 6.45) is 1.75. The van der Waals surface area contributed by atoms with Crippen molar-refractivity contribution in [2.75, 3.05) is 0 Å². The van der Waals surface area contributed by atoms with E-state index in [4.69, 9.17) is 8.83 Å². The summed E-state index contributed by atoms with van der Waals surface area (Å²) >= 11 is 0. The van der Waals surface area contributed by atoms with Gasteiger partial charge in [-0.2, -0.15) is 0 Å². The number of hydrogen-bond acceptors (Lipinski definition) is 2. The fraction of sp³-hybridized carbons (Fsp3) is 0. The minimum absolute atomic E-state index is 0.865. The van der Waals surface area contributed by atoms with Crippen LogP contribution in [-0.2, 0) is 0 Å². The molecule has 0 aliphatic carbocycles. The first-order valence-corrected chi connectivity index (χ1v) is 16.7. The van der Waals surface area contributed by atoms with E-state index in [2.05, 4.69) is 144 Å². The number of aromatic nitrogens is 1. The van der Waals surface area contributed by atoms with Gasteiger partial charge >= 0.3 is 0 Å². The Morgan fingerprint density at radius 1 is 0.367 bits per heavy atom. The highest BCUT2D eigenvalue weighted by Crippen LogP contribution is 2.46. The summed E-state index contributed by atoms with van der Waals surface area (Å²) in [4.78, 5) is 0. The standard InChI is InChI=1S/C46H27NO2/c1-2-10-30(11-3-1)47-39-17-9-8-12-31(39)32-20-18-29(27-40(32)47)45-35-15-6-4-13-33(35)44(34-14-5-7-16-36(34)45)28-19-21-42-38(26-28)46-37-24-25-48-41(37)22-23-43(46)49-42/h1-27H. The van der Waals surface area contributed by atoms with Crippen molar-refractivity contribution in [1.82, 2.24) is 4.57 Å². The molecule has 0 aliphatic rings. The highest BCUT2D eigenvalue weighted by atomic mass is 16.3. The maximum absolute atomic E-state index is 6.33. The fourth-order valence-corrected chi connectivity index (χ4v) is 8.21. The van der Waals surface area contributed by atoms with Crippen molar-refractivity contribution in [3.05, 3.63) is 164 Å². The largest absolute Gasteiger partial charge is 0.464 e. The van der Waals surface area contributed by atoms with Gasteiger partial charge in [0.05, 0.1) is 17.3 Å². The molecule has 0 unspecified atom stereocenters. The van der Waals surface area contributed by atoms with Crippen LogP contribution in [0.3, 0.4) is 0 Å². The molecule has 0 bridgehead atoms. The van der Waals surface area contributed by atoms with Crippen LogP contribution in [0.4, 0.5) is 0 Å². The van der Waals surface area contributed by atoms with Crippen LogP contribution in [0.1, 0.15) is 0 Å². The molecule has 0 radical (unpaired) electrons. The number of hydrogen-bond donors (Lipinski definition) is 0. The first-order valence-electron chi connectivity index (χ1n) is 16.7. The minimum atomic E-state index is 0.865. The van der Waals surface area contributed by atoms with Crippen LogP contribution < -0.4 is 0 Å². The van der Waals surface area contributed by atoms with Crippen LogP contribution in [0.2, 0.25) is 0 Å². The summed E-state index contributed by atoms with van der Waals surface area (Å²) in [7, 11) is 0. The van der Waals surface area contributed by atoms with E-state index in [0.717, 1.165) is 44.2 Å². The number of nitrogens with zero attached hydrogens (tertiary/aromatic N) is 1. The molecule has 11 aromatic rings. The van der Waals surface area contributed by atoms with E-state index >= 15 is 0 Å². The summed E-state index contributed by atoms with van der Waals surface area (Å²) in [5.74, 6) is 0. The number of furan rings is 2. The van der Waals surface area contributed by atoms with Gasteiger partial charge in [0.1, 0.15) is 16.7 Å². The van der Waals surface area contributed by atoms with E-state index in [-0.39, 0.29) is 0 Å². The number of para-hydroxylation sites is 2. The molecule has 0 fully saturated rings. The van der Waals surface area contributed by atoms with Gasteiger partial charge in [0, 0.05) is 32.6 Å². The Bertz CT molecular complexity index is 3050. The molecule has 0 spiro atoms. The molecule has 3 nitrogen and oxygen atoms in total. The maximum atomic E-state index is 6.33. The average molecular weight is 626 g/mol. The van der Waals surface area contributed by atoms with E-state index in [0.29, 0.717) is 0 Å². The highest BCUT2D eigenvalue weighted by Gasteiger charge is 2.20. The molecule has 0 aliphatic heterocycles. The lowest BCUT2D eigenvalue weighted by Crippen LogP contribution is -1.94. The number of benzene rings is 8. The summed E-state index contributed by atoms with van der Waals surface area (Å²) in [6, 6.07) is 56.7. The topological polar surface area (TPSA) is 31.2 Å². The first kappa shape index (κ1) is 26.5. The predicted octanol–water partition coefficient (Wildman–Crippen LogP) is 13.1. The summed E-state index contributed by atoms with van der Waals surface area (Å²) in [5, 5.41) is 10.7. The lowest BCUT2D eigenvalue weighted by molar-refractivity contribution is 0.615. The zero-order valence-corrected chi connectivity index (χ0v) is 26.4. The molecule has 3 heteroatoms. The van der Waals surface area contributed by atoms with Gasteiger partial charge in [-0.25, -0.2) is 0 Å². The number of rotatable bonds is 3. The molecule has 0 saturated heterocycles. The maximum Gasteiger partial charge on any atom is 0.136 e. The van der Waals surface area contributed by atoms with Crippen molar-refractivity contribution < 1.29 is 8.83 Å². The molecule has 3 heterocycles. The van der Waals surface area contributed by atoms with E-state index in [1.54, 1.807) is 6.26 Å². The van der Waals surface area contributed by atoms with Gasteiger partial charge in [0.25, 0.3) is 0 Å². The second-order valence-corrected chi connectivity index (χ2v) is 12.8. The van der Waals surface area contributed by atoms with Gasteiger partial charge in [-0.05, 0) is 98.4 Å². The predicted molar refractivity (Wildman–Crippen MR) is 204 cm³/mol. The molecule has 0 atom stereocenters. The van der Waals surface area contributed by atoms with Gasteiger partial charge < -0.3 is 13.4 Å². The summed E-state index contributed by atoms with van der Waals surface area (Å²) in [5.41, 5.74) is 11.0. The van der Waals surface area contributed by atoms with Crippen molar-refractivity contribution in [3.63, 3.8) is 0 Å². The Hall–Kier alpha value is -6.58. The van der Waals surface area contributed by atoms with Gasteiger partial charge in [-0.3, -0.25) is 0 Å². The molecule has 228 valence electrons. The van der Waals surface area contributed by atoms with Gasteiger partial charge in [0.2, 0.25) is 0 Å². The zero-order valence-electron chi connectivity index (χ0n) is 26.4. The van der Waals surface area contributed by atoms with Crippen molar-refractivity contribution in [2.45, 2.75) is 0 Å². The van der Waals surface area contributed by atoms with E-state index in [9.17, 15) is 0 Å². The van der Waals surface area contributed by atoms with Crippen molar-refractivity contribution in [2.24, 2.45) is 0 Å². The third-order valence-electron chi connectivity index (χ3n) is 10.3. The monoisotopic (exact) mass is 625 g/mol. The Morgan fingerprint density at radius 3 is 1.67 bits per heavy atom. The summed E-state index contributed by atoms with van der Waals surface area (Å²) in [6.45, 7) is 0. The van der Waals surface area contributed by atoms with Gasteiger partial charge in [0.15, 0.2) is 0 Å². The Balaban J connectivity index is 1.22. The van der Waals surface area contributed by atoms with Crippen LogP contribution in [0.5, 0.6) is 0 Å². The quantitative estimate of drug-likeness (QED) is 0.183. The number of fused-ring (bicyclic) bond motifs is 10. The smallest absolute Gasteiger partial charge is 0.136 e. The Morgan fingerprint density at radius 2 is 0.939 bits per heavy atom. The molecule has 49 heavy (non-hydrogen) atoms. The Kier molecular flexibility index (Phi) is 5.38. The molecule has 3 aromatic heterocycles. The molecule has 0 N–H and O–H groups in total. The third kappa shape index (κ3) is 3.73. The fourth-order valence-electron chi connectivity index (χ4n) is 8.21. The molecule has 11 rings (SSSR count). The molecular formula is C46H27NO2. The molecular weight excluding hydrogens is 599 g/mol. The highest BCUT2D eigenvalue weighted by molar-refractivity contribution is 6.24. The normalized spacial score (nSPS) is 12.1. The lowest BCUT2D eigenvalue weighted by atomic mass is 9.85. The zero-order chi connectivity index (χ0) is 32.1. The van der Waals surface area contributed by atoms with Gasteiger partial charge in [-0.15, -0.1) is 0 Å². The lowest BCUT2D eigenvalue weighted by Gasteiger charge is -2.18. The van der Waals surface area contributed by atoms with Crippen molar-refractivity contribution in [3.8, 4) is 27.9 Å². The first-order chi connectivity index (χ1) is 24.3. The molecule has 8 aromatic carbocycles. The van der Waals surface area contributed by atoms with Crippen LogP contribution >= 0.6 is 0 Å². The summed E-state index contributed by atoms with van der Waals surface area (Å²) < 4.78 is 14.5. The second kappa shape index (κ2) is 9.96. The van der Waals surface area contributed by atoms with Crippen LogP contribution in [0.25, 0.3) is 104 Å². The van der Waals surface area contributed by atoms with E-state index < -0.39 is 0 Å². The third-order valence-corrected chi connectivity index (χ3v) is 10.3. The van der Waals surface area contributed by atoms with Crippen LogP contribution in [-0.4, -0.2) is 4.57 Å². The van der Waals surface area contributed by atoms with Crippen molar-refractivity contribution in [1.29, 1.82) is 0 Å². The van der Waals surface area contributed by atoms with Gasteiger partial charge in [-0.1, -0.05) is 103 Å². The second-order valence-electron chi connectivity index (χ2n) is 12.8. The van der Waals surface area contributed by atoms with Crippen molar-refractivity contribution >= 4 is 76.3 Å². The average Bonchev–Trinajstić information content (AvgIpc) is 3.87. The Labute approximate surface area is 280 Å². The van der Waals surface area contributed by atoms with Crippen LogP contribution in [0, 0.1) is 0 Å².